The van der Waals surface area contributed by atoms with Gasteiger partial charge in [-0.05, 0) is 117 Å². The summed E-state index contributed by atoms with van der Waals surface area (Å²) in [7, 11) is 0. The average Bonchev–Trinajstić information content (AvgIpc) is 4.13. The van der Waals surface area contributed by atoms with Crippen molar-refractivity contribution < 1.29 is 32.3 Å². The number of unbranched alkanes of at least 4 members (excludes halogenated alkanes) is 2. The van der Waals surface area contributed by atoms with Gasteiger partial charge in [-0.2, -0.15) is 0 Å². The van der Waals surface area contributed by atoms with Gasteiger partial charge < -0.3 is 0 Å². The predicted octanol–water partition coefficient (Wildman–Crippen LogP) is 13.3. The molecule has 4 aromatic heterocycles. The van der Waals surface area contributed by atoms with E-state index in [2.05, 4.69) is 37.0 Å². The lowest BCUT2D eigenvalue weighted by Crippen LogP contribution is -2.35. The van der Waals surface area contributed by atoms with Crippen LogP contribution in [-0.4, -0.2) is 53.1 Å². The normalized spacial score (nSPS) is 29.5. The highest BCUT2D eigenvalue weighted by molar-refractivity contribution is 7.30. The standard InChI is InChI=1S/C49H51F3N2O4S4/c1-4-6-11-24-16-37(53-39-41(55)26-15-23(3)32(50)18-27(26)42(39)56)61-45(24)35-21-30-47(59-35)48-31(49(30)13-9-8-10-14-49)22-36(60-48)46-25(12-7-5-2)17-38(62-46)54-40-43(57)28-19-33(51)34(52)20-29(28)44(40)58/h16-17,21-23,26-29,32-34H,4-15,18-20H2,1-3H3. The zero-order chi connectivity index (χ0) is 43.2. The molecule has 5 fully saturated rings. The molecule has 0 N–H and O–H groups in total. The zero-order valence-corrected chi connectivity index (χ0v) is 38.6. The van der Waals surface area contributed by atoms with E-state index in [1.807, 2.05) is 24.3 Å². The fraction of sp³-hybridized carbons (Fsp3) is 0.551. The van der Waals surface area contributed by atoms with Crippen molar-refractivity contribution in [2.75, 3.05) is 0 Å². The number of nitrogens with zero attached hydrogens (tertiary/aromatic N) is 2. The lowest BCUT2D eigenvalue weighted by atomic mass is 9.68. The Hall–Kier alpha value is -3.39. The lowest BCUT2D eigenvalue weighted by molar-refractivity contribution is -0.123. The van der Waals surface area contributed by atoms with Crippen molar-refractivity contribution in [2.45, 2.75) is 141 Å². The molecular formula is C49H51F3N2O4S4. The molecule has 4 heterocycles. The number of aryl methyl sites for hydroxylation is 2. The van der Waals surface area contributed by atoms with E-state index in [0.717, 1.165) is 84.4 Å². The molecule has 326 valence electrons. The number of Topliss-reactive ketones (excluding diaryl/α,β-unsaturated/α-hetero) is 4. The molecule has 0 amide bonds. The smallest absolute Gasteiger partial charge is 0.188 e. The Bertz CT molecular complexity index is 2330. The molecule has 6 aliphatic rings. The summed E-state index contributed by atoms with van der Waals surface area (Å²) in [6.07, 6.45) is 6.69. The number of ketones is 4. The molecule has 62 heavy (non-hydrogen) atoms. The number of thiophene rings is 4. The maximum Gasteiger partial charge on any atom is 0.188 e. The van der Waals surface area contributed by atoms with Crippen LogP contribution in [0.2, 0.25) is 0 Å². The Labute approximate surface area is 376 Å². The molecule has 5 saturated carbocycles. The lowest BCUT2D eigenvalue weighted by Gasteiger charge is -2.34. The third kappa shape index (κ3) is 6.96. The average molecular weight is 917 g/mol. The Morgan fingerprint density at radius 1 is 0.565 bits per heavy atom. The van der Waals surface area contributed by atoms with Gasteiger partial charge in [-0.25, -0.2) is 23.2 Å². The summed E-state index contributed by atoms with van der Waals surface area (Å²) in [6.45, 7) is 6.15. The summed E-state index contributed by atoms with van der Waals surface area (Å²) in [6, 6.07) is 8.87. The van der Waals surface area contributed by atoms with Gasteiger partial charge in [0.2, 0.25) is 0 Å². The van der Waals surface area contributed by atoms with E-state index >= 15 is 0 Å². The number of hydrogen-bond donors (Lipinski definition) is 0. The van der Waals surface area contributed by atoms with Crippen molar-refractivity contribution in [3.05, 3.63) is 46.5 Å². The topological polar surface area (TPSA) is 93.0 Å². The quantitative estimate of drug-likeness (QED) is 0.158. The fourth-order valence-corrected chi connectivity index (χ4v) is 16.5. The Balaban J connectivity index is 1.02. The van der Waals surface area contributed by atoms with Crippen LogP contribution < -0.4 is 0 Å². The van der Waals surface area contributed by atoms with Crippen molar-refractivity contribution >= 4 is 89.9 Å². The van der Waals surface area contributed by atoms with E-state index in [9.17, 15) is 32.3 Å². The molecule has 0 aliphatic heterocycles. The monoisotopic (exact) mass is 916 g/mol. The molecule has 0 radical (unpaired) electrons. The Morgan fingerprint density at radius 3 is 1.42 bits per heavy atom. The molecular weight excluding hydrogens is 866 g/mol. The minimum atomic E-state index is -1.74. The van der Waals surface area contributed by atoms with Gasteiger partial charge in [-0.15, -0.1) is 45.3 Å². The van der Waals surface area contributed by atoms with Crippen LogP contribution in [0.15, 0.2) is 34.3 Å². The molecule has 0 bridgehead atoms. The number of carbonyl (C=O) groups excluding carboxylic acids is 4. The van der Waals surface area contributed by atoms with Crippen LogP contribution in [0.1, 0.15) is 126 Å². The highest BCUT2D eigenvalue weighted by Crippen LogP contribution is 2.63. The highest BCUT2D eigenvalue weighted by atomic mass is 32.1. The van der Waals surface area contributed by atoms with Gasteiger partial charge in [-0.1, -0.05) is 52.9 Å². The number of aliphatic imine (C=N–C) groups is 2. The molecule has 0 aromatic carbocycles. The zero-order valence-electron chi connectivity index (χ0n) is 35.3. The minimum absolute atomic E-state index is 0.00695. The van der Waals surface area contributed by atoms with Crippen LogP contribution in [0.25, 0.3) is 29.3 Å². The van der Waals surface area contributed by atoms with Crippen molar-refractivity contribution in [2.24, 2.45) is 39.6 Å². The van der Waals surface area contributed by atoms with Crippen molar-refractivity contribution in [3.63, 3.8) is 0 Å². The first-order chi connectivity index (χ1) is 29.9. The summed E-state index contributed by atoms with van der Waals surface area (Å²) in [4.78, 5) is 70.4. The maximum atomic E-state index is 14.7. The van der Waals surface area contributed by atoms with Gasteiger partial charge in [0.1, 0.15) is 28.5 Å². The van der Waals surface area contributed by atoms with Gasteiger partial charge in [0.05, 0.1) is 0 Å². The largest absolute Gasteiger partial charge is 0.292 e. The molecule has 1 spiro atoms. The van der Waals surface area contributed by atoms with Gasteiger partial charge >= 0.3 is 0 Å². The van der Waals surface area contributed by atoms with Crippen LogP contribution in [0, 0.1) is 29.6 Å². The maximum absolute atomic E-state index is 14.7. The minimum Gasteiger partial charge on any atom is -0.292 e. The van der Waals surface area contributed by atoms with E-state index in [0.29, 0.717) is 16.4 Å². The summed E-state index contributed by atoms with van der Waals surface area (Å²) >= 11 is 6.67. The SMILES string of the molecule is CCCCc1cc(N=C2C(=O)C3CC(C)C(F)CC3C2=O)sc1-c1cc2c(s1)-c1sc(-c3sc(N=C4C(=O)C5CC(F)C(F)CC5C4=O)cc3CCCC)cc1C21CCCCC1. The van der Waals surface area contributed by atoms with E-state index in [-0.39, 0.29) is 53.6 Å². The van der Waals surface area contributed by atoms with Crippen molar-refractivity contribution in [1.29, 1.82) is 0 Å². The van der Waals surface area contributed by atoms with Crippen LogP contribution >= 0.6 is 45.3 Å². The second-order valence-corrected chi connectivity index (χ2v) is 22.9. The number of carbonyl (C=O) groups is 4. The number of rotatable bonds is 10. The molecule has 10 rings (SSSR count). The van der Waals surface area contributed by atoms with Crippen LogP contribution in [0.3, 0.4) is 0 Å². The van der Waals surface area contributed by atoms with Gasteiger partial charge in [0, 0.05) is 58.3 Å². The first-order valence-electron chi connectivity index (χ1n) is 22.7. The number of halogens is 3. The first-order valence-corrected chi connectivity index (χ1v) is 26.0. The highest BCUT2D eigenvalue weighted by Gasteiger charge is 2.54. The number of alkyl halides is 3. The molecule has 4 aromatic rings. The third-order valence-corrected chi connectivity index (χ3v) is 19.8. The molecule has 13 heteroatoms. The molecule has 8 atom stereocenters. The second-order valence-electron chi connectivity index (χ2n) is 18.7. The summed E-state index contributed by atoms with van der Waals surface area (Å²) in [5, 5.41) is 1.23. The second kappa shape index (κ2) is 16.6. The van der Waals surface area contributed by atoms with Gasteiger partial charge in [0.15, 0.2) is 34.6 Å². The van der Waals surface area contributed by atoms with Crippen molar-refractivity contribution in [1.82, 2.24) is 0 Å². The fourth-order valence-electron chi connectivity index (χ4n) is 11.4. The van der Waals surface area contributed by atoms with E-state index in [4.69, 9.17) is 4.99 Å². The van der Waals surface area contributed by atoms with E-state index in [1.54, 1.807) is 22.7 Å². The summed E-state index contributed by atoms with van der Waals surface area (Å²) < 4.78 is 43.3. The predicted molar refractivity (Wildman–Crippen MR) is 246 cm³/mol. The summed E-state index contributed by atoms with van der Waals surface area (Å²) in [5.41, 5.74) is 4.81. The van der Waals surface area contributed by atoms with Crippen LogP contribution in [0.4, 0.5) is 23.2 Å². The molecule has 0 saturated heterocycles. The third-order valence-electron chi connectivity index (χ3n) is 14.8. The van der Waals surface area contributed by atoms with Crippen LogP contribution in [-0.2, 0) is 37.4 Å². The van der Waals surface area contributed by atoms with E-state index < -0.39 is 53.8 Å². The van der Waals surface area contributed by atoms with E-state index in [1.165, 1.54) is 49.1 Å². The first kappa shape index (κ1) is 42.6. The Morgan fingerprint density at radius 2 is 0.984 bits per heavy atom. The van der Waals surface area contributed by atoms with Crippen molar-refractivity contribution in [3.8, 4) is 29.3 Å². The van der Waals surface area contributed by atoms with Gasteiger partial charge in [0.25, 0.3) is 0 Å². The number of hydrogen-bond acceptors (Lipinski definition) is 10. The van der Waals surface area contributed by atoms with Gasteiger partial charge in [-0.3, -0.25) is 19.2 Å². The molecule has 6 aliphatic carbocycles. The number of fused-ring (bicyclic) bond motifs is 7. The summed E-state index contributed by atoms with van der Waals surface area (Å²) in [5.74, 6) is -4.44. The van der Waals surface area contributed by atoms with Crippen LogP contribution in [0.5, 0.6) is 0 Å². The molecule has 8 unspecified atom stereocenters. The molecule has 6 nitrogen and oxygen atoms in total. The Kier molecular flexibility index (Phi) is 11.4.